The van der Waals surface area contributed by atoms with Gasteiger partial charge in [0.2, 0.25) is 11.7 Å². The number of rotatable bonds is 4. The smallest absolute Gasteiger partial charge is 0.332 e. The Labute approximate surface area is 180 Å². The Kier molecular flexibility index (Phi) is 5.08. The van der Waals surface area contributed by atoms with Gasteiger partial charge in [-0.1, -0.05) is 23.8 Å². The molecular formula is C22H22FN5O4. The van der Waals surface area contributed by atoms with Gasteiger partial charge in [-0.2, -0.15) is 4.98 Å². The number of halogens is 1. The van der Waals surface area contributed by atoms with Gasteiger partial charge in [-0.3, -0.25) is 23.3 Å². The van der Waals surface area contributed by atoms with Crippen LogP contribution >= 0.6 is 0 Å². The monoisotopic (exact) mass is 439 g/mol. The van der Waals surface area contributed by atoms with Crippen molar-refractivity contribution in [3.63, 3.8) is 0 Å². The summed E-state index contributed by atoms with van der Waals surface area (Å²) in [5.41, 5.74) is -0.197. The van der Waals surface area contributed by atoms with Crippen LogP contribution < -0.4 is 16.8 Å². The van der Waals surface area contributed by atoms with Gasteiger partial charge < -0.3 is 5.11 Å². The number of benzene rings is 1. The summed E-state index contributed by atoms with van der Waals surface area (Å²) in [6.45, 7) is 3.80. The Bertz CT molecular complexity index is 1580. The van der Waals surface area contributed by atoms with Crippen molar-refractivity contribution in [1.82, 2.24) is 23.1 Å². The standard InChI is InChI=1S/C22H22FN5O4/c1-12(2)5-10-15-18(29)27(11-13-6-8-14(23)9-7-13)21-24-17-16(28(21)19(15)30)20(31)26(4)22(32)25(17)3/h5-9,29H,10-11H2,1-4H3. The fourth-order valence-corrected chi connectivity index (χ4v) is 3.65. The number of aromatic hydroxyl groups is 1. The van der Waals surface area contributed by atoms with Gasteiger partial charge in [-0.05, 0) is 31.5 Å². The molecule has 0 amide bonds. The van der Waals surface area contributed by atoms with E-state index in [-0.39, 0.29) is 41.4 Å². The van der Waals surface area contributed by atoms with Crippen molar-refractivity contribution in [2.75, 3.05) is 0 Å². The maximum Gasteiger partial charge on any atom is 0.332 e. The molecule has 3 aromatic heterocycles. The predicted octanol–water partition coefficient (Wildman–Crippen LogP) is 1.45. The second kappa shape index (κ2) is 7.63. The van der Waals surface area contributed by atoms with E-state index < -0.39 is 22.6 Å². The van der Waals surface area contributed by atoms with Gasteiger partial charge in [-0.25, -0.2) is 13.6 Å². The summed E-state index contributed by atoms with van der Waals surface area (Å²) >= 11 is 0. The van der Waals surface area contributed by atoms with Crippen molar-refractivity contribution < 1.29 is 9.50 Å². The minimum Gasteiger partial charge on any atom is -0.494 e. The maximum absolute atomic E-state index is 13.4. The second-order valence-electron chi connectivity index (χ2n) is 7.93. The lowest BCUT2D eigenvalue weighted by Gasteiger charge is -2.14. The van der Waals surface area contributed by atoms with Crippen molar-refractivity contribution in [1.29, 1.82) is 0 Å². The average molecular weight is 439 g/mol. The van der Waals surface area contributed by atoms with Crippen LogP contribution in [0.25, 0.3) is 16.9 Å². The third-order valence-corrected chi connectivity index (χ3v) is 5.44. The summed E-state index contributed by atoms with van der Waals surface area (Å²) in [4.78, 5) is 43.1. The Hall–Kier alpha value is -3.95. The molecule has 0 aliphatic heterocycles. The summed E-state index contributed by atoms with van der Waals surface area (Å²) in [5, 5.41) is 11.0. The molecule has 0 atom stereocenters. The molecule has 0 spiro atoms. The van der Waals surface area contributed by atoms with Crippen molar-refractivity contribution in [2.24, 2.45) is 14.1 Å². The Morgan fingerprint density at radius 2 is 1.72 bits per heavy atom. The highest BCUT2D eigenvalue weighted by molar-refractivity contribution is 5.75. The summed E-state index contributed by atoms with van der Waals surface area (Å²) in [6.07, 6.45) is 1.93. The van der Waals surface area contributed by atoms with E-state index in [9.17, 15) is 23.9 Å². The third kappa shape index (κ3) is 3.24. The van der Waals surface area contributed by atoms with E-state index in [1.54, 1.807) is 18.2 Å². The first-order valence-electron chi connectivity index (χ1n) is 9.92. The molecule has 1 N–H and O–H groups in total. The zero-order valence-electron chi connectivity index (χ0n) is 18.1. The van der Waals surface area contributed by atoms with Crippen molar-refractivity contribution in [3.05, 3.63) is 84.1 Å². The van der Waals surface area contributed by atoms with E-state index in [2.05, 4.69) is 4.98 Å². The molecule has 3 heterocycles. The molecule has 0 radical (unpaired) electrons. The fraction of sp³-hybridized carbons (Fsp3) is 0.273. The summed E-state index contributed by atoms with van der Waals surface area (Å²) in [6, 6.07) is 5.68. The molecule has 10 heteroatoms. The SMILES string of the molecule is CC(C)=CCc1c(O)n(Cc2ccc(F)cc2)c2nc3c(c(=O)n(C)c(=O)n3C)n2c1=O. The molecule has 9 nitrogen and oxygen atoms in total. The minimum absolute atomic E-state index is 0.00563. The second-order valence-corrected chi connectivity index (χ2v) is 7.93. The number of hydrogen-bond donors (Lipinski definition) is 1. The molecule has 4 aromatic rings. The van der Waals surface area contributed by atoms with Crippen LogP contribution in [0.2, 0.25) is 0 Å². The van der Waals surface area contributed by atoms with Crippen LogP contribution in [0, 0.1) is 5.82 Å². The Balaban J connectivity index is 2.16. The highest BCUT2D eigenvalue weighted by Gasteiger charge is 2.23. The number of nitrogens with zero attached hydrogens (tertiary/aromatic N) is 5. The molecule has 0 fully saturated rings. The first-order valence-corrected chi connectivity index (χ1v) is 9.92. The van der Waals surface area contributed by atoms with Crippen LogP contribution in [0.1, 0.15) is 25.0 Å². The normalized spacial score (nSPS) is 11.4. The molecule has 0 aliphatic rings. The molecule has 1 aromatic carbocycles. The van der Waals surface area contributed by atoms with E-state index in [1.807, 2.05) is 13.8 Å². The first kappa shape index (κ1) is 21.3. The molecule has 32 heavy (non-hydrogen) atoms. The molecule has 0 unspecified atom stereocenters. The van der Waals surface area contributed by atoms with Crippen molar-refractivity contribution in [2.45, 2.75) is 26.8 Å². The van der Waals surface area contributed by atoms with Crippen LogP contribution in [-0.4, -0.2) is 28.2 Å². The molecular weight excluding hydrogens is 417 g/mol. The third-order valence-electron chi connectivity index (χ3n) is 5.44. The van der Waals surface area contributed by atoms with Gasteiger partial charge in [0, 0.05) is 20.5 Å². The predicted molar refractivity (Wildman–Crippen MR) is 118 cm³/mol. The molecule has 166 valence electrons. The number of hydrogen-bond acceptors (Lipinski definition) is 5. The van der Waals surface area contributed by atoms with Crippen LogP contribution in [0.15, 0.2) is 50.3 Å². The van der Waals surface area contributed by atoms with Gasteiger partial charge in [0.25, 0.3) is 11.1 Å². The van der Waals surface area contributed by atoms with Gasteiger partial charge in [-0.15, -0.1) is 0 Å². The van der Waals surface area contributed by atoms with Crippen LogP contribution in [0.3, 0.4) is 0 Å². The van der Waals surface area contributed by atoms with E-state index in [1.165, 1.54) is 35.4 Å². The highest BCUT2D eigenvalue weighted by atomic mass is 19.1. The fourth-order valence-electron chi connectivity index (χ4n) is 3.65. The topological polar surface area (TPSA) is 104 Å². The Morgan fingerprint density at radius 3 is 2.34 bits per heavy atom. The van der Waals surface area contributed by atoms with E-state index in [4.69, 9.17) is 0 Å². The molecule has 0 saturated carbocycles. The lowest BCUT2D eigenvalue weighted by atomic mass is 10.1. The van der Waals surface area contributed by atoms with E-state index in [0.717, 1.165) is 14.5 Å². The Morgan fingerprint density at radius 1 is 1.06 bits per heavy atom. The number of aromatic nitrogens is 5. The maximum atomic E-state index is 13.4. The van der Waals surface area contributed by atoms with E-state index >= 15 is 0 Å². The van der Waals surface area contributed by atoms with Crippen LogP contribution in [-0.2, 0) is 27.1 Å². The summed E-state index contributed by atoms with van der Waals surface area (Å²) in [5.74, 6) is -0.704. The lowest BCUT2D eigenvalue weighted by Crippen LogP contribution is -2.38. The van der Waals surface area contributed by atoms with Gasteiger partial charge in [0.05, 0.1) is 12.1 Å². The van der Waals surface area contributed by atoms with Gasteiger partial charge >= 0.3 is 5.69 Å². The summed E-state index contributed by atoms with van der Waals surface area (Å²) in [7, 11) is 2.78. The molecule has 0 saturated heterocycles. The zero-order valence-corrected chi connectivity index (χ0v) is 18.1. The number of fused-ring (bicyclic) bond motifs is 3. The van der Waals surface area contributed by atoms with E-state index in [0.29, 0.717) is 5.56 Å². The lowest BCUT2D eigenvalue weighted by molar-refractivity contribution is 0.413. The zero-order chi connectivity index (χ0) is 23.3. The number of imidazole rings is 1. The quantitative estimate of drug-likeness (QED) is 0.485. The molecule has 0 aliphatic carbocycles. The van der Waals surface area contributed by atoms with Gasteiger partial charge in [0.1, 0.15) is 5.82 Å². The number of aryl methyl sites for hydroxylation is 1. The van der Waals surface area contributed by atoms with Crippen molar-refractivity contribution in [3.8, 4) is 5.88 Å². The molecule has 4 rings (SSSR count). The first-order chi connectivity index (χ1) is 15.1. The average Bonchev–Trinajstić information content (AvgIpc) is 3.15. The largest absolute Gasteiger partial charge is 0.494 e. The summed E-state index contributed by atoms with van der Waals surface area (Å²) < 4.78 is 18.0. The van der Waals surface area contributed by atoms with Gasteiger partial charge in [0.15, 0.2) is 11.2 Å². The van der Waals surface area contributed by atoms with Crippen LogP contribution in [0.4, 0.5) is 4.39 Å². The van der Waals surface area contributed by atoms with Crippen LogP contribution in [0.5, 0.6) is 5.88 Å². The van der Waals surface area contributed by atoms with Crippen molar-refractivity contribution >= 4 is 16.9 Å². The highest BCUT2D eigenvalue weighted by Crippen LogP contribution is 2.22. The minimum atomic E-state index is -0.667. The number of allylic oxidation sites excluding steroid dienone is 2. The molecule has 0 bridgehead atoms.